The SMILES string of the molecule is C=C/C=N\C(=C/C=C)N(C)C(/C=C\C)=N/C. The summed E-state index contributed by atoms with van der Waals surface area (Å²) in [5.74, 6) is 1.59. The van der Waals surface area contributed by atoms with Gasteiger partial charge in [0.15, 0.2) is 0 Å². The Hall–Kier alpha value is -1.90. The first kappa shape index (κ1) is 14.1. The Labute approximate surface area is 97.9 Å². The average Bonchev–Trinajstić information content (AvgIpc) is 2.30. The van der Waals surface area contributed by atoms with Crippen LogP contribution in [0, 0.1) is 0 Å². The zero-order valence-electron chi connectivity index (χ0n) is 10.2. The van der Waals surface area contributed by atoms with Crippen molar-refractivity contribution in [1.82, 2.24) is 4.90 Å². The molecule has 0 aromatic rings. The molecule has 3 heteroatoms. The molecule has 0 aromatic heterocycles. The summed E-state index contributed by atoms with van der Waals surface area (Å²) in [5, 5.41) is 0. The summed E-state index contributed by atoms with van der Waals surface area (Å²) >= 11 is 0. The van der Waals surface area contributed by atoms with E-state index in [1.807, 2.05) is 37.1 Å². The van der Waals surface area contributed by atoms with E-state index in [9.17, 15) is 0 Å². The molecule has 0 bridgehead atoms. The second-order valence-corrected chi connectivity index (χ2v) is 2.92. The molecule has 0 rings (SSSR count). The van der Waals surface area contributed by atoms with E-state index in [-0.39, 0.29) is 0 Å². The summed E-state index contributed by atoms with van der Waals surface area (Å²) in [4.78, 5) is 10.3. The van der Waals surface area contributed by atoms with Crippen LogP contribution >= 0.6 is 0 Å². The summed E-state index contributed by atoms with van der Waals surface area (Å²) in [7, 11) is 3.65. The molecule has 0 saturated carbocycles. The van der Waals surface area contributed by atoms with Crippen molar-refractivity contribution in [3.05, 3.63) is 49.4 Å². The Balaban J connectivity index is 5.07. The molecule has 0 amide bonds. The van der Waals surface area contributed by atoms with Gasteiger partial charge < -0.3 is 4.90 Å². The average molecular weight is 217 g/mol. The molecule has 0 unspecified atom stereocenters. The van der Waals surface area contributed by atoms with Crippen molar-refractivity contribution in [2.75, 3.05) is 14.1 Å². The molecule has 0 aliphatic carbocycles. The third-order valence-electron chi connectivity index (χ3n) is 1.81. The van der Waals surface area contributed by atoms with Crippen molar-refractivity contribution in [3.8, 4) is 0 Å². The summed E-state index contributed by atoms with van der Waals surface area (Å²) in [6.45, 7) is 9.20. The van der Waals surface area contributed by atoms with Crippen LogP contribution in [0.3, 0.4) is 0 Å². The van der Waals surface area contributed by atoms with Crippen molar-refractivity contribution in [2.24, 2.45) is 9.98 Å². The Morgan fingerprint density at radius 3 is 2.38 bits per heavy atom. The number of hydrogen-bond acceptors (Lipinski definition) is 2. The van der Waals surface area contributed by atoms with Crippen molar-refractivity contribution < 1.29 is 0 Å². The third kappa shape index (κ3) is 4.55. The largest absolute Gasteiger partial charge is 0.314 e. The van der Waals surface area contributed by atoms with Crippen molar-refractivity contribution >= 4 is 12.1 Å². The highest BCUT2D eigenvalue weighted by Gasteiger charge is 2.05. The Morgan fingerprint density at radius 2 is 1.94 bits per heavy atom. The number of rotatable bonds is 5. The van der Waals surface area contributed by atoms with Crippen LogP contribution in [0.15, 0.2) is 59.3 Å². The highest BCUT2D eigenvalue weighted by Crippen LogP contribution is 2.05. The van der Waals surface area contributed by atoms with Crippen LogP contribution in [0.5, 0.6) is 0 Å². The minimum atomic E-state index is 0.758. The molecule has 0 aliphatic rings. The molecule has 0 radical (unpaired) electrons. The third-order valence-corrected chi connectivity index (χ3v) is 1.81. The lowest BCUT2D eigenvalue weighted by molar-refractivity contribution is 0.621. The standard InChI is InChI=1S/C13H19N3/c1-6-9-12(14-4)16(5)13(10-7-2)15-11-8-3/h6-11H,2-3H2,1,4-5H3/b9-6-,13-10+,14-12+,15-11-. The summed E-state index contributed by atoms with van der Waals surface area (Å²) in [6.07, 6.45) is 10.6. The van der Waals surface area contributed by atoms with E-state index in [1.54, 1.807) is 25.4 Å². The summed E-state index contributed by atoms with van der Waals surface area (Å²) in [5.41, 5.74) is 0. The number of likely N-dealkylation sites (N-methyl/N-ethyl adjacent to an activating group) is 1. The Kier molecular flexibility index (Phi) is 7.41. The van der Waals surface area contributed by atoms with E-state index in [4.69, 9.17) is 0 Å². The molecule has 0 saturated heterocycles. The molecule has 0 atom stereocenters. The maximum atomic E-state index is 4.24. The van der Waals surface area contributed by atoms with Gasteiger partial charge in [-0.1, -0.05) is 31.4 Å². The van der Waals surface area contributed by atoms with Crippen molar-refractivity contribution in [1.29, 1.82) is 0 Å². The lowest BCUT2D eigenvalue weighted by Crippen LogP contribution is -2.23. The van der Waals surface area contributed by atoms with Gasteiger partial charge in [0, 0.05) is 20.3 Å². The van der Waals surface area contributed by atoms with Gasteiger partial charge in [0.05, 0.1) is 0 Å². The van der Waals surface area contributed by atoms with E-state index in [0.29, 0.717) is 0 Å². The van der Waals surface area contributed by atoms with E-state index >= 15 is 0 Å². The second-order valence-electron chi connectivity index (χ2n) is 2.92. The van der Waals surface area contributed by atoms with Gasteiger partial charge in [0.1, 0.15) is 11.7 Å². The normalized spacial score (nSPS) is 13.4. The number of amidine groups is 1. The fourth-order valence-electron chi connectivity index (χ4n) is 1.08. The minimum absolute atomic E-state index is 0.758. The van der Waals surface area contributed by atoms with Gasteiger partial charge in [0.2, 0.25) is 0 Å². The minimum Gasteiger partial charge on any atom is -0.314 e. The molecule has 3 nitrogen and oxygen atoms in total. The highest BCUT2D eigenvalue weighted by atomic mass is 15.2. The predicted octanol–water partition coefficient (Wildman–Crippen LogP) is 2.81. The van der Waals surface area contributed by atoms with Gasteiger partial charge in [-0.2, -0.15) is 0 Å². The van der Waals surface area contributed by atoms with Crippen LogP contribution < -0.4 is 0 Å². The topological polar surface area (TPSA) is 28.0 Å². The predicted molar refractivity (Wildman–Crippen MR) is 72.9 cm³/mol. The highest BCUT2D eigenvalue weighted by molar-refractivity contribution is 5.94. The fourth-order valence-corrected chi connectivity index (χ4v) is 1.08. The van der Waals surface area contributed by atoms with E-state index in [0.717, 1.165) is 11.7 Å². The van der Waals surface area contributed by atoms with Crippen molar-refractivity contribution in [3.63, 3.8) is 0 Å². The van der Waals surface area contributed by atoms with E-state index in [2.05, 4.69) is 23.1 Å². The second kappa shape index (κ2) is 8.41. The number of aliphatic imine (C=N–C) groups is 2. The summed E-state index contributed by atoms with van der Waals surface area (Å²) in [6, 6.07) is 0. The first-order valence-corrected chi connectivity index (χ1v) is 5.02. The Bertz CT molecular complexity index is 346. The van der Waals surface area contributed by atoms with Crippen LogP contribution in [0.2, 0.25) is 0 Å². The lowest BCUT2D eigenvalue weighted by atomic mass is 10.4. The molecular weight excluding hydrogens is 198 g/mol. The van der Waals surface area contributed by atoms with Crippen molar-refractivity contribution in [2.45, 2.75) is 6.92 Å². The van der Waals surface area contributed by atoms with Gasteiger partial charge in [-0.05, 0) is 19.1 Å². The quantitative estimate of drug-likeness (QED) is 0.395. The van der Waals surface area contributed by atoms with Crippen LogP contribution in [0.1, 0.15) is 6.92 Å². The maximum absolute atomic E-state index is 4.24. The molecule has 86 valence electrons. The molecular formula is C13H19N3. The fraction of sp³-hybridized carbons (Fsp3) is 0.231. The number of allylic oxidation sites excluding steroid dienone is 4. The van der Waals surface area contributed by atoms with Gasteiger partial charge in [-0.25, -0.2) is 4.99 Å². The molecule has 0 N–H and O–H groups in total. The van der Waals surface area contributed by atoms with E-state index in [1.165, 1.54) is 0 Å². The first-order chi connectivity index (χ1) is 7.71. The molecule has 0 aliphatic heterocycles. The monoisotopic (exact) mass is 217 g/mol. The number of hydrogen-bond donors (Lipinski definition) is 0. The van der Waals surface area contributed by atoms with Gasteiger partial charge in [0.25, 0.3) is 0 Å². The smallest absolute Gasteiger partial charge is 0.133 e. The zero-order valence-corrected chi connectivity index (χ0v) is 10.2. The summed E-state index contributed by atoms with van der Waals surface area (Å²) < 4.78 is 0. The Morgan fingerprint density at radius 1 is 1.25 bits per heavy atom. The van der Waals surface area contributed by atoms with Crippen LogP contribution in [-0.4, -0.2) is 31.0 Å². The molecule has 0 heterocycles. The number of nitrogens with zero attached hydrogens (tertiary/aromatic N) is 3. The van der Waals surface area contributed by atoms with E-state index < -0.39 is 0 Å². The van der Waals surface area contributed by atoms with Gasteiger partial charge >= 0.3 is 0 Å². The van der Waals surface area contributed by atoms with Crippen LogP contribution in [0.4, 0.5) is 0 Å². The van der Waals surface area contributed by atoms with Crippen LogP contribution in [-0.2, 0) is 0 Å². The lowest BCUT2D eigenvalue weighted by Gasteiger charge is -2.18. The zero-order chi connectivity index (χ0) is 12.4. The first-order valence-electron chi connectivity index (χ1n) is 5.02. The molecule has 0 fully saturated rings. The molecule has 16 heavy (non-hydrogen) atoms. The van der Waals surface area contributed by atoms with Crippen LogP contribution in [0.25, 0.3) is 0 Å². The molecule has 0 aromatic carbocycles. The van der Waals surface area contributed by atoms with Gasteiger partial charge in [-0.3, -0.25) is 4.99 Å². The molecule has 0 spiro atoms. The maximum Gasteiger partial charge on any atom is 0.133 e. The van der Waals surface area contributed by atoms with Gasteiger partial charge in [-0.15, -0.1) is 0 Å².